The minimum absolute atomic E-state index is 0.0969. The molecule has 1 aliphatic carbocycles. The Labute approximate surface area is 152 Å². The van der Waals surface area contributed by atoms with Crippen molar-refractivity contribution in [2.45, 2.75) is 57.0 Å². The van der Waals surface area contributed by atoms with Gasteiger partial charge in [0.25, 0.3) is 0 Å². The van der Waals surface area contributed by atoms with E-state index in [1.807, 2.05) is 42.5 Å². The van der Waals surface area contributed by atoms with Crippen molar-refractivity contribution in [1.82, 2.24) is 0 Å². The van der Waals surface area contributed by atoms with E-state index in [0.29, 0.717) is 32.3 Å². The number of aliphatic carboxylic acids is 1. The van der Waals surface area contributed by atoms with Gasteiger partial charge in [0.2, 0.25) is 0 Å². The molecule has 0 unspecified atom stereocenters. The van der Waals surface area contributed by atoms with E-state index in [4.69, 9.17) is 15.4 Å². The summed E-state index contributed by atoms with van der Waals surface area (Å²) in [5.74, 6) is -0.893. The zero-order valence-corrected chi connectivity index (χ0v) is 14.6. The van der Waals surface area contributed by atoms with Gasteiger partial charge in [0.1, 0.15) is 0 Å². The number of hydrogen-bond acceptors (Lipinski definition) is 4. The third-order valence-electron chi connectivity index (χ3n) is 4.61. The van der Waals surface area contributed by atoms with Gasteiger partial charge in [0.15, 0.2) is 0 Å². The molecule has 7 nitrogen and oxygen atoms in total. The molecule has 0 amide bonds. The van der Waals surface area contributed by atoms with Crippen molar-refractivity contribution in [2.24, 2.45) is 11.0 Å². The lowest BCUT2D eigenvalue weighted by Crippen LogP contribution is -2.26. The van der Waals surface area contributed by atoms with Crippen LogP contribution in [0.1, 0.15) is 37.7 Å². The monoisotopic (exact) mass is 359 g/mol. The average molecular weight is 359 g/mol. The summed E-state index contributed by atoms with van der Waals surface area (Å²) < 4.78 is 6.00. The van der Waals surface area contributed by atoms with Crippen LogP contribution in [0.4, 0.5) is 0 Å². The van der Waals surface area contributed by atoms with Crippen LogP contribution in [-0.2, 0) is 16.1 Å². The standard InChI is InChI=1S/C19H25N3O4/c20-22-21-19-15(10-6-1-2-7-11-18(24)25)17(12-16(19)23)26-13-14-8-4-3-5-9-14/h1,3-6,8-9,15-17,19,23H,2,7,10-13H2,(H,24,25)/t15-,16+,17-,19+/m1/s1. The molecule has 7 heteroatoms. The first kappa shape index (κ1) is 20.0. The predicted molar refractivity (Wildman–Crippen MR) is 97.3 cm³/mol. The van der Waals surface area contributed by atoms with E-state index in [-0.39, 0.29) is 18.4 Å². The number of allylic oxidation sites excluding steroid dienone is 2. The molecule has 0 spiro atoms. The SMILES string of the molecule is [N-]=[N+]=N[C@H]1[C@H](CC=CCCCC(=O)O)[C@H](OCc2ccccc2)C[C@@H]1O. The van der Waals surface area contributed by atoms with Crippen LogP contribution in [-0.4, -0.2) is 34.4 Å². The van der Waals surface area contributed by atoms with Crippen molar-refractivity contribution in [1.29, 1.82) is 0 Å². The smallest absolute Gasteiger partial charge is 0.303 e. The van der Waals surface area contributed by atoms with Gasteiger partial charge in [-0.2, -0.15) is 0 Å². The number of aliphatic hydroxyl groups excluding tert-OH is 1. The molecule has 140 valence electrons. The molecule has 4 atom stereocenters. The van der Waals surface area contributed by atoms with Crippen molar-refractivity contribution in [2.75, 3.05) is 0 Å². The van der Waals surface area contributed by atoms with Crippen molar-refractivity contribution in [3.05, 3.63) is 58.5 Å². The van der Waals surface area contributed by atoms with Gasteiger partial charge < -0.3 is 14.9 Å². The highest BCUT2D eigenvalue weighted by molar-refractivity contribution is 5.66. The lowest BCUT2D eigenvalue weighted by Gasteiger charge is -2.21. The second-order valence-electron chi connectivity index (χ2n) is 6.49. The highest BCUT2D eigenvalue weighted by Crippen LogP contribution is 2.35. The highest BCUT2D eigenvalue weighted by Gasteiger charge is 2.42. The van der Waals surface area contributed by atoms with Crippen molar-refractivity contribution in [3.8, 4) is 0 Å². The second kappa shape index (κ2) is 10.6. The fraction of sp³-hybridized carbons (Fsp3) is 0.526. The van der Waals surface area contributed by atoms with Crippen molar-refractivity contribution >= 4 is 5.97 Å². The summed E-state index contributed by atoms with van der Waals surface area (Å²) >= 11 is 0. The Kier molecular flexibility index (Phi) is 8.15. The van der Waals surface area contributed by atoms with E-state index < -0.39 is 18.1 Å². The van der Waals surface area contributed by atoms with Crippen molar-refractivity contribution in [3.63, 3.8) is 0 Å². The first-order valence-electron chi connectivity index (χ1n) is 8.86. The summed E-state index contributed by atoms with van der Waals surface area (Å²) in [6, 6.07) is 9.29. The number of azide groups is 1. The number of benzene rings is 1. The molecule has 1 saturated carbocycles. The average Bonchev–Trinajstić information content (AvgIpc) is 2.92. The zero-order chi connectivity index (χ0) is 18.8. The lowest BCUT2D eigenvalue weighted by molar-refractivity contribution is -0.137. The number of nitrogens with zero attached hydrogens (tertiary/aromatic N) is 3. The third kappa shape index (κ3) is 6.19. The molecule has 0 aromatic heterocycles. The minimum atomic E-state index is -0.796. The van der Waals surface area contributed by atoms with E-state index in [1.165, 1.54) is 0 Å². The van der Waals surface area contributed by atoms with Gasteiger partial charge in [-0.3, -0.25) is 4.79 Å². The van der Waals surface area contributed by atoms with Crippen LogP contribution in [0.15, 0.2) is 47.6 Å². The topological polar surface area (TPSA) is 116 Å². The molecular weight excluding hydrogens is 334 g/mol. The van der Waals surface area contributed by atoms with E-state index in [9.17, 15) is 9.90 Å². The van der Waals surface area contributed by atoms with Gasteiger partial charge in [-0.15, -0.1) is 0 Å². The van der Waals surface area contributed by atoms with Gasteiger partial charge in [-0.1, -0.05) is 47.6 Å². The van der Waals surface area contributed by atoms with Gasteiger partial charge in [-0.25, -0.2) is 0 Å². The largest absolute Gasteiger partial charge is 0.481 e. The van der Waals surface area contributed by atoms with E-state index in [1.54, 1.807) is 0 Å². The second-order valence-corrected chi connectivity index (χ2v) is 6.49. The minimum Gasteiger partial charge on any atom is -0.481 e. The molecule has 2 N–H and O–H groups in total. The summed E-state index contributed by atoms with van der Waals surface area (Å²) in [7, 11) is 0. The van der Waals surface area contributed by atoms with Crippen LogP contribution < -0.4 is 0 Å². The fourth-order valence-electron chi connectivity index (χ4n) is 3.28. The lowest BCUT2D eigenvalue weighted by atomic mass is 9.97. The molecule has 26 heavy (non-hydrogen) atoms. The molecule has 0 bridgehead atoms. The zero-order valence-electron chi connectivity index (χ0n) is 14.6. The molecule has 0 saturated heterocycles. The predicted octanol–water partition coefficient (Wildman–Crippen LogP) is 3.83. The Morgan fingerprint density at radius 1 is 1.35 bits per heavy atom. The number of ether oxygens (including phenoxy) is 1. The molecule has 1 aromatic rings. The van der Waals surface area contributed by atoms with Crippen LogP contribution >= 0.6 is 0 Å². The molecule has 0 heterocycles. The highest BCUT2D eigenvalue weighted by atomic mass is 16.5. The number of carboxylic acid groups (broad SMARTS) is 1. The summed E-state index contributed by atoms with van der Waals surface area (Å²) in [4.78, 5) is 13.4. The molecule has 0 aliphatic heterocycles. The quantitative estimate of drug-likeness (QED) is 0.217. The number of hydrogen-bond donors (Lipinski definition) is 2. The maximum Gasteiger partial charge on any atom is 0.303 e. The number of carbonyl (C=O) groups is 1. The molecule has 2 rings (SSSR count). The Balaban J connectivity index is 1.92. The number of carboxylic acids is 1. The van der Waals surface area contributed by atoms with Gasteiger partial charge in [0, 0.05) is 17.8 Å². The van der Waals surface area contributed by atoms with Crippen LogP contribution in [0.5, 0.6) is 0 Å². The summed E-state index contributed by atoms with van der Waals surface area (Å²) in [5.41, 5.74) is 9.84. The Hall–Kier alpha value is -2.34. The number of aliphatic hydroxyl groups is 1. The third-order valence-corrected chi connectivity index (χ3v) is 4.61. The Morgan fingerprint density at radius 3 is 2.81 bits per heavy atom. The molecule has 1 aromatic carbocycles. The number of unbranched alkanes of at least 4 members (excludes halogenated alkanes) is 1. The van der Waals surface area contributed by atoms with Crippen molar-refractivity contribution < 1.29 is 19.7 Å². The van der Waals surface area contributed by atoms with Crippen LogP contribution in [0, 0.1) is 5.92 Å². The van der Waals surface area contributed by atoms with Crippen LogP contribution in [0.3, 0.4) is 0 Å². The van der Waals surface area contributed by atoms with Crippen LogP contribution in [0.2, 0.25) is 0 Å². The first-order valence-corrected chi connectivity index (χ1v) is 8.86. The first-order chi connectivity index (χ1) is 12.6. The van der Waals surface area contributed by atoms with Gasteiger partial charge in [-0.05, 0) is 36.3 Å². The summed E-state index contributed by atoms with van der Waals surface area (Å²) in [6.07, 6.45) is 5.48. The van der Waals surface area contributed by atoms with E-state index in [0.717, 1.165) is 5.56 Å². The van der Waals surface area contributed by atoms with E-state index in [2.05, 4.69) is 10.0 Å². The molecule has 0 radical (unpaired) electrons. The maximum atomic E-state index is 10.5. The van der Waals surface area contributed by atoms with Crippen LogP contribution in [0.25, 0.3) is 10.4 Å². The summed E-state index contributed by atoms with van der Waals surface area (Å²) in [5, 5.41) is 22.6. The number of rotatable bonds is 10. The molecular formula is C19H25N3O4. The van der Waals surface area contributed by atoms with Gasteiger partial charge >= 0.3 is 5.97 Å². The Bertz CT molecular complexity index is 643. The fourth-order valence-corrected chi connectivity index (χ4v) is 3.28. The van der Waals surface area contributed by atoms with E-state index >= 15 is 0 Å². The normalized spacial score (nSPS) is 25.3. The Morgan fingerprint density at radius 2 is 2.12 bits per heavy atom. The summed E-state index contributed by atoms with van der Waals surface area (Å²) in [6.45, 7) is 0.444. The molecule has 1 aliphatic rings. The van der Waals surface area contributed by atoms with Gasteiger partial charge in [0.05, 0.1) is 24.9 Å². The molecule has 1 fully saturated rings. The maximum absolute atomic E-state index is 10.5.